The molecular weight excluding hydrogens is 368 g/mol. The van der Waals surface area contributed by atoms with Gasteiger partial charge in [0, 0.05) is 18.4 Å². The number of anilines is 2. The largest absolute Gasteiger partial charge is 0.342 e. The van der Waals surface area contributed by atoms with E-state index >= 15 is 0 Å². The fourth-order valence-corrected chi connectivity index (χ4v) is 4.36. The molecule has 0 radical (unpaired) electrons. The van der Waals surface area contributed by atoms with Crippen LogP contribution in [0.4, 0.5) is 11.4 Å². The van der Waals surface area contributed by atoms with Gasteiger partial charge in [0.15, 0.2) is 0 Å². The predicted molar refractivity (Wildman–Crippen MR) is 102 cm³/mol. The molecule has 1 saturated heterocycles. The maximum atomic E-state index is 12.1. The second-order valence-electron chi connectivity index (χ2n) is 6.20. The second kappa shape index (κ2) is 7.75. The van der Waals surface area contributed by atoms with Crippen molar-refractivity contribution in [2.45, 2.75) is 19.9 Å². The first-order valence-corrected chi connectivity index (χ1v) is 10.1. The molecule has 2 aromatic rings. The number of amides is 2. The van der Waals surface area contributed by atoms with E-state index in [2.05, 4.69) is 15.6 Å². The lowest BCUT2D eigenvalue weighted by Gasteiger charge is -2.18. The molecule has 8 nitrogen and oxygen atoms in total. The first-order valence-electron chi connectivity index (χ1n) is 8.47. The zero-order valence-electron chi connectivity index (χ0n) is 14.8. The van der Waals surface area contributed by atoms with Gasteiger partial charge in [0.2, 0.25) is 10.0 Å². The Labute approximate surface area is 157 Å². The van der Waals surface area contributed by atoms with Crippen LogP contribution in [0.5, 0.6) is 0 Å². The molecule has 27 heavy (non-hydrogen) atoms. The van der Waals surface area contributed by atoms with Crippen molar-refractivity contribution in [2.24, 2.45) is 0 Å². The molecule has 0 atom stereocenters. The summed E-state index contributed by atoms with van der Waals surface area (Å²) < 4.78 is 25.4. The minimum absolute atomic E-state index is 0.140. The first-order chi connectivity index (χ1) is 12.9. The van der Waals surface area contributed by atoms with Crippen LogP contribution in [0, 0.1) is 6.92 Å². The first kappa shape index (κ1) is 18.8. The molecule has 1 aliphatic heterocycles. The number of sulfonamides is 1. The number of carbonyl (C=O) groups is 2. The number of pyridine rings is 1. The summed E-state index contributed by atoms with van der Waals surface area (Å²) in [6.45, 7) is 2.34. The van der Waals surface area contributed by atoms with Crippen LogP contribution in [-0.4, -0.2) is 37.5 Å². The minimum atomic E-state index is -3.26. The van der Waals surface area contributed by atoms with Gasteiger partial charge in [-0.1, -0.05) is 6.07 Å². The molecule has 0 saturated carbocycles. The Hall–Kier alpha value is -2.94. The average Bonchev–Trinajstić information content (AvgIpc) is 3.01. The van der Waals surface area contributed by atoms with Crippen LogP contribution < -0.4 is 14.9 Å². The summed E-state index contributed by atoms with van der Waals surface area (Å²) in [5, 5.41) is 5.05. The van der Waals surface area contributed by atoms with Gasteiger partial charge >= 0.3 is 11.8 Å². The van der Waals surface area contributed by atoms with Gasteiger partial charge in [0.1, 0.15) is 0 Å². The molecule has 1 fully saturated rings. The van der Waals surface area contributed by atoms with E-state index < -0.39 is 21.8 Å². The molecule has 2 amide bonds. The van der Waals surface area contributed by atoms with Gasteiger partial charge in [-0.25, -0.2) is 8.42 Å². The van der Waals surface area contributed by atoms with Crippen LogP contribution in [0.1, 0.15) is 17.7 Å². The summed E-state index contributed by atoms with van der Waals surface area (Å²) in [6.07, 6.45) is 2.20. The highest BCUT2D eigenvalue weighted by atomic mass is 32.2. The highest BCUT2D eigenvalue weighted by molar-refractivity contribution is 7.93. The van der Waals surface area contributed by atoms with E-state index in [0.29, 0.717) is 35.6 Å². The normalized spacial score (nSPS) is 15.4. The van der Waals surface area contributed by atoms with Gasteiger partial charge in [-0.15, -0.1) is 0 Å². The van der Waals surface area contributed by atoms with Crippen molar-refractivity contribution in [3.63, 3.8) is 0 Å². The highest BCUT2D eigenvalue weighted by Crippen LogP contribution is 2.27. The third-order valence-electron chi connectivity index (χ3n) is 4.21. The third-order valence-corrected chi connectivity index (χ3v) is 6.08. The molecule has 0 unspecified atom stereocenters. The van der Waals surface area contributed by atoms with Gasteiger partial charge in [-0.3, -0.25) is 18.9 Å². The molecule has 1 aromatic carbocycles. The van der Waals surface area contributed by atoms with E-state index in [4.69, 9.17) is 0 Å². The number of nitrogens with one attached hydrogen (secondary N) is 2. The highest BCUT2D eigenvalue weighted by Gasteiger charge is 2.28. The Morgan fingerprint density at radius 3 is 2.63 bits per heavy atom. The van der Waals surface area contributed by atoms with Gasteiger partial charge in [0.25, 0.3) is 0 Å². The fourth-order valence-electron chi connectivity index (χ4n) is 2.81. The Balaban J connectivity index is 1.63. The summed E-state index contributed by atoms with van der Waals surface area (Å²) in [5.74, 6) is -1.43. The number of aromatic nitrogens is 1. The van der Waals surface area contributed by atoms with Crippen molar-refractivity contribution in [3.8, 4) is 0 Å². The molecule has 2 heterocycles. The van der Waals surface area contributed by atoms with Crippen LogP contribution in [-0.2, 0) is 26.2 Å². The minimum Gasteiger partial charge on any atom is -0.342 e. The van der Waals surface area contributed by atoms with Gasteiger partial charge in [-0.2, -0.15) is 0 Å². The number of rotatable bonds is 4. The standard InChI is InChI=1S/C18H20N4O4S/c1-13-11-15(22-9-4-10-27(22,25)26)6-7-16(13)21-18(24)17(23)20-12-14-5-2-3-8-19-14/h2-3,5-8,11H,4,9-10,12H2,1H3,(H,20,23)(H,21,24). The number of hydrogen-bond donors (Lipinski definition) is 2. The summed E-state index contributed by atoms with van der Waals surface area (Å²) in [7, 11) is -3.26. The lowest BCUT2D eigenvalue weighted by molar-refractivity contribution is -0.136. The molecule has 0 aliphatic carbocycles. The van der Waals surface area contributed by atoms with Crippen LogP contribution in [0.3, 0.4) is 0 Å². The molecule has 9 heteroatoms. The molecule has 1 aliphatic rings. The molecule has 2 N–H and O–H groups in total. The number of aryl methyl sites for hydroxylation is 1. The monoisotopic (exact) mass is 388 g/mol. The maximum Gasteiger partial charge on any atom is 0.313 e. The van der Waals surface area contributed by atoms with E-state index in [0.717, 1.165) is 0 Å². The molecule has 0 bridgehead atoms. The molecule has 3 rings (SSSR count). The van der Waals surface area contributed by atoms with Crippen molar-refractivity contribution in [2.75, 3.05) is 21.9 Å². The van der Waals surface area contributed by atoms with Gasteiger partial charge < -0.3 is 10.6 Å². The topological polar surface area (TPSA) is 108 Å². The Kier molecular flexibility index (Phi) is 5.41. The van der Waals surface area contributed by atoms with Crippen LogP contribution in [0.2, 0.25) is 0 Å². The zero-order valence-corrected chi connectivity index (χ0v) is 15.6. The van der Waals surface area contributed by atoms with E-state index in [1.165, 1.54) is 4.31 Å². The van der Waals surface area contributed by atoms with Crippen LogP contribution in [0.15, 0.2) is 42.6 Å². The predicted octanol–water partition coefficient (Wildman–Crippen LogP) is 1.18. The van der Waals surface area contributed by atoms with Crippen molar-refractivity contribution in [1.82, 2.24) is 10.3 Å². The van der Waals surface area contributed by atoms with Crippen LogP contribution >= 0.6 is 0 Å². The third kappa shape index (κ3) is 4.43. The van der Waals surface area contributed by atoms with E-state index in [9.17, 15) is 18.0 Å². The summed E-state index contributed by atoms with van der Waals surface area (Å²) in [5.41, 5.74) is 2.32. The fraction of sp³-hybridized carbons (Fsp3) is 0.278. The second-order valence-corrected chi connectivity index (χ2v) is 8.21. The van der Waals surface area contributed by atoms with E-state index in [-0.39, 0.29) is 12.3 Å². The average molecular weight is 388 g/mol. The quantitative estimate of drug-likeness (QED) is 0.765. The van der Waals surface area contributed by atoms with Gasteiger partial charge in [-0.05, 0) is 49.2 Å². The summed E-state index contributed by atoms with van der Waals surface area (Å²) in [4.78, 5) is 28.1. The number of hydrogen-bond acceptors (Lipinski definition) is 5. The summed E-state index contributed by atoms with van der Waals surface area (Å²) in [6, 6.07) is 10.2. The summed E-state index contributed by atoms with van der Waals surface area (Å²) >= 11 is 0. The molecule has 1 aromatic heterocycles. The van der Waals surface area contributed by atoms with E-state index in [1.54, 1.807) is 49.5 Å². The SMILES string of the molecule is Cc1cc(N2CCCS2(=O)=O)ccc1NC(=O)C(=O)NCc1ccccn1. The van der Waals surface area contributed by atoms with Crippen molar-refractivity contribution < 1.29 is 18.0 Å². The number of nitrogens with zero attached hydrogens (tertiary/aromatic N) is 2. The number of carbonyl (C=O) groups excluding carboxylic acids is 2. The molecule has 0 spiro atoms. The van der Waals surface area contributed by atoms with Crippen molar-refractivity contribution in [3.05, 3.63) is 53.9 Å². The Bertz CT molecular complexity index is 961. The maximum absolute atomic E-state index is 12.1. The lowest BCUT2D eigenvalue weighted by atomic mass is 10.1. The Morgan fingerprint density at radius 1 is 1.19 bits per heavy atom. The molecular formula is C18H20N4O4S. The van der Waals surface area contributed by atoms with Crippen molar-refractivity contribution in [1.29, 1.82) is 0 Å². The van der Waals surface area contributed by atoms with E-state index in [1.807, 2.05) is 0 Å². The lowest BCUT2D eigenvalue weighted by Crippen LogP contribution is -2.35. The van der Waals surface area contributed by atoms with Crippen molar-refractivity contribution >= 4 is 33.2 Å². The van der Waals surface area contributed by atoms with Gasteiger partial charge in [0.05, 0.1) is 23.7 Å². The molecule has 142 valence electrons. The van der Waals surface area contributed by atoms with Crippen LogP contribution in [0.25, 0.3) is 0 Å². The smallest absolute Gasteiger partial charge is 0.313 e. The zero-order chi connectivity index (χ0) is 19.4. The Morgan fingerprint density at radius 2 is 2.00 bits per heavy atom. The number of benzene rings is 1.